The largest absolute Gasteiger partial charge is 0.204 e. The van der Waals surface area contributed by atoms with Crippen LogP contribution in [0.3, 0.4) is 0 Å². The lowest BCUT2D eigenvalue weighted by Crippen LogP contribution is -1.91. The highest BCUT2D eigenvalue weighted by Crippen LogP contribution is 2.29. The van der Waals surface area contributed by atoms with Crippen LogP contribution in [0.15, 0.2) is 24.3 Å². The Bertz CT molecular complexity index is 353. The maximum Gasteiger partial charge on any atom is 0.166 e. The van der Waals surface area contributed by atoms with Gasteiger partial charge in [0.05, 0.1) is 0 Å². The Morgan fingerprint density at radius 2 is 2.00 bits per heavy atom. The molecule has 0 bridgehead atoms. The molecule has 0 fully saturated rings. The van der Waals surface area contributed by atoms with Gasteiger partial charge in [-0.25, -0.2) is 8.78 Å². The molecule has 1 aromatic rings. The molecule has 0 aromatic heterocycles. The molecule has 2 rings (SSSR count). The van der Waals surface area contributed by atoms with Gasteiger partial charge in [0.1, 0.15) is 0 Å². The number of rotatable bonds is 1. The number of hydrogen-bond acceptors (Lipinski definition) is 0. The third-order valence-corrected chi connectivity index (χ3v) is 2.34. The van der Waals surface area contributed by atoms with Crippen molar-refractivity contribution in [1.82, 2.24) is 0 Å². The summed E-state index contributed by atoms with van der Waals surface area (Å²) in [6.45, 7) is 0. The minimum atomic E-state index is -0.759. The third-order valence-electron chi connectivity index (χ3n) is 2.34. The lowest BCUT2D eigenvalue weighted by molar-refractivity contribution is 0.506. The van der Waals surface area contributed by atoms with Crippen LogP contribution < -0.4 is 0 Å². The average molecular weight is 180 g/mol. The molecule has 1 aliphatic rings. The maximum absolute atomic E-state index is 13.2. The molecule has 0 radical (unpaired) electrons. The molecule has 0 unspecified atom stereocenters. The number of allylic oxidation sites excluding steroid dienone is 2. The van der Waals surface area contributed by atoms with E-state index < -0.39 is 11.6 Å². The number of hydrogen-bond donors (Lipinski definition) is 0. The summed E-state index contributed by atoms with van der Waals surface area (Å²) in [7, 11) is 0. The summed E-state index contributed by atoms with van der Waals surface area (Å²) in [5.41, 5.74) is 1.37. The second-order valence-electron chi connectivity index (χ2n) is 3.22. The van der Waals surface area contributed by atoms with Gasteiger partial charge in [-0.05, 0) is 30.9 Å². The first kappa shape index (κ1) is 8.42. The summed E-state index contributed by atoms with van der Waals surface area (Å²) < 4.78 is 26.1. The van der Waals surface area contributed by atoms with Crippen molar-refractivity contribution in [2.75, 3.05) is 0 Å². The van der Waals surface area contributed by atoms with Gasteiger partial charge in [-0.3, -0.25) is 0 Å². The van der Waals surface area contributed by atoms with Crippen LogP contribution in [0.5, 0.6) is 0 Å². The summed E-state index contributed by atoms with van der Waals surface area (Å²) in [6.07, 6.45) is 4.87. The Hall–Kier alpha value is -1.18. The van der Waals surface area contributed by atoms with E-state index in [1.165, 1.54) is 0 Å². The molecule has 0 aliphatic heterocycles. The van der Waals surface area contributed by atoms with Crippen molar-refractivity contribution in [3.63, 3.8) is 0 Å². The van der Waals surface area contributed by atoms with Crippen molar-refractivity contribution >= 4 is 5.57 Å². The van der Waals surface area contributed by atoms with Gasteiger partial charge < -0.3 is 0 Å². The molecule has 0 atom stereocenters. The van der Waals surface area contributed by atoms with E-state index in [0.717, 1.165) is 30.9 Å². The molecule has 0 nitrogen and oxygen atoms in total. The van der Waals surface area contributed by atoms with Crippen LogP contribution in [-0.4, -0.2) is 0 Å². The summed E-state index contributed by atoms with van der Waals surface area (Å²) in [6, 6.07) is 4.33. The van der Waals surface area contributed by atoms with Crippen molar-refractivity contribution in [2.45, 2.75) is 19.3 Å². The van der Waals surface area contributed by atoms with Gasteiger partial charge >= 0.3 is 0 Å². The molecule has 0 heterocycles. The highest BCUT2D eigenvalue weighted by molar-refractivity contribution is 5.67. The first-order chi connectivity index (χ1) is 6.29. The Morgan fingerprint density at radius 1 is 1.15 bits per heavy atom. The van der Waals surface area contributed by atoms with Gasteiger partial charge in [-0.1, -0.05) is 18.2 Å². The fraction of sp³-hybridized carbons (Fsp3) is 0.273. The molecule has 0 spiro atoms. The lowest BCUT2D eigenvalue weighted by atomic mass is 10.0. The summed E-state index contributed by atoms with van der Waals surface area (Å²) in [5.74, 6) is -1.47. The second kappa shape index (κ2) is 3.29. The average Bonchev–Trinajstić information content (AvgIpc) is 2.62. The van der Waals surface area contributed by atoms with Gasteiger partial charge in [0, 0.05) is 5.56 Å². The fourth-order valence-corrected chi connectivity index (χ4v) is 1.67. The summed E-state index contributed by atoms with van der Waals surface area (Å²) in [5, 5.41) is 0. The predicted molar refractivity (Wildman–Crippen MR) is 48.2 cm³/mol. The van der Waals surface area contributed by atoms with Crippen molar-refractivity contribution < 1.29 is 8.78 Å². The Morgan fingerprint density at radius 3 is 2.69 bits per heavy atom. The molecule has 1 aliphatic carbocycles. The molecule has 68 valence electrons. The van der Waals surface area contributed by atoms with E-state index in [-0.39, 0.29) is 0 Å². The van der Waals surface area contributed by atoms with E-state index in [4.69, 9.17) is 0 Å². The number of halogens is 2. The van der Waals surface area contributed by atoms with Gasteiger partial charge in [0.2, 0.25) is 0 Å². The van der Waals surface area contributed by atoms with Crippen molar-refractivity contribution in [2.24, 2.45) is 0 Å². The second-order valence-corrected chi connectivity index (χ2v) is 3.22. The highest BCUT2D eigenvalue weighted by atomic mass is 19.2. The van der Waals surface area contributed by atoms with E-state index in [2.05, 4.69) is 0 Å². The summed E-state index contributed by atoms with van der Waals surface area (Å²) in [4.78, 5) is 0. The van der Waals surface area contributed by atoms with Gasteiger partial charge in [0.15, 0.2) is 11.6 Å². The Balaban J connectivity index is 2.45. The lowest BCUT2D eigenvalue weighted by Gasteiger charge is -2.03. The summed E-state index contributed by atoms with van der Waals surface area (Å²) >= 11 is 0. The Labute approximate surface area is 75.9 Å². The van der Waals surface area contributed by atoms with E-state index in [1.807, 2.05) is 6.08 Å². The van der Waals surface area contributed by atoms with Crippen LogP contribution in [0.25, 0.3) is 5.57 Å². The van der Waals surface area contributed by atoms with Gasteiger partial charge in [-0.15, -0.1) is 0 Å². The topological polar surface area (TPSA) is 0 Å². The normalized spacial score (nSPS) is 16.0. The van der Waals surface area contributed by atoms with E-state index in [0.29, 0.717) is 5.56 Å². The quantitative estimate of drug-likeness (QED) is 0.620. The van der Waals surface area contributed by atoms with Gasteiger partial charge in [-0.2, -0.15) is 0 Å². The molecular weight excluding hydrogens is 170 g/mol. The maximum atomic E-state index is 13.2. The van der Waals surface area contributed by atoms with Crippen LogP contribution in [0, 0.1) is 11.6 Å². The van der Waals surface area contributed by atoms with Crippen molar-refractivity contribution in [3.8, 4) is 0 Å². The first-order valence-corrected chi connectivity index (χ1v) is 4.42. The number of benzene rings is 1. The fourth-order valence-electron chi connectivity index (χ4n) is 1.67. The van der Waals surface area contributed by atoms with Crippen LogP contribution in [0.1, 0.15) is 24.8 Å². The minimum Gasteiger partial charge on any atom is -0.204 e. The zero-order chi connectivity index (χ0) is 9.26. The van der Waals surface area contributed by atoms with Gasteiger partial charge in [0.25, 0.3) is 0 Å². The highest BCUT2D eigenvalue weighted by Gasteiger charge is 2.13. The van der Waals surface area contributed by atoms with E-state index in [1.54, 1.807) is 12.1 Å². The standard InChI is InChI=1S/C11H10F2/c12-10-7-3-6-9(11(10)13)8-4-1-2-5-8/h3-4,6-7H,1-2,5H2. The third kappa shape index (κ3) is 1.48. The molecule has 1 aromatic carbocycles. The molecule has 0 amide bonds. The molecule has 2 heteroatoms. The van der Waals surface area contributed by atoms with Crippen LogP contribution >= 0.6 is 0 Å². The zero-order valence-electron chi connectivity index (χ0n) is 7.19. The Kier molecular flexibility index (Phi) is 2.13. The minimum absolute atomic E-state index is 0.428. The monoisotopic (exact) mass is 180 g/mol. The molecule has 0 N–H and O–H groups in total. The molecular formula is C11H10F2. The van der Waals surface area contributed by atoms with Crippen LogP contribution in [0.4, 0.5) is 8.78 Å². The van der Waals surface area contributed by atoms with Crippen molar-refractivity contribution in [1.29, 1.82) is 0 Å². The zero-order valence-corrected chi connectivity index (χ0v) is 7.19. The molecule has 13 heavy (non-hydrogen) atoms. The van der Waals surface area contributed by atoms with Crippen LogP contribution in [0.2, 0.25) is 0 Å². The predicted octanol–water partition coefficient (Wildman–Crippen LogP) is 3.53. The molecule has 0 saturated carbocycles. The van der Waals surface area contributed by atoms with Crippen LogP contribution in [-0.2, 0) is 0 Å². The van der Waals surface area contributed by atoms with Crippen molar-refractivity contribution in [3.05, 3.63) is 41.5 Å². The molecule has 0 saturated heterocycles. The van der Waals surface area contributed by atoms with E-state index >= 15 is 0 Å². The smallest absolute Gasteiger partial charge is 0.166 e. The first-order valence-electron chi connectivity index (χ1n) is 4.42. The SMILES string of the molecule is Fc1cccc(C2=CCCC2)c1F. The van der Waals surface area contributed by atoms with E-state index in [9.17, 15) is 8.78 Å².